The van der Waals surface area contributed by atoms with Crippen LogP contribution >= 0.6 is 16.5 Å². The van der Waals surface area contributed by atoms with Crippen molar-refractivity contribution in [3.8, 4) is 0 Å². The van der Waals surface area contributed by atoms with Crippen LogP contribution in [0.2, 0.25) is 0 Å². The van der Waals surface area contributed by atoms with E-state index in [2.05, 4.69) is 0 Å². The van der Waals surface area contributed by atoms with Gasteiger partial charge in [0.2, 0.25) is 0 Å². The fraction of sp³-hybridized carbons (Fsp3) is 0. The molecule has 0 spiro atoms. The first-order valence-electron chi connectivity index (χ1n) is 1.10. The van der Waals surface area contributed by atoms with Gasteiger partial charge in [-0.1, -0.05) is 9.13 Å². The Morgan fingerprint density at radius 1 is 0.778 bits per heavy atom. The maximum absolute atomic E-state index is 8.48. The van der Waals surface area contributed by atoms with Gasteiger partial charge in [0, 0.05) is 0 Å². The second-order valence-electron chi connectivity index (χ2n) is 0.447. The molecule has 0 aromatic heterocycles. The second-order valence-corrected chi connectivity index (χ2v) is 1.34. The van der Waals surface area contributed by atoms with Crippen LogP contribution in [0.4, 0.5) is 0 Å². The third-order valence-electron chi connectivity index (χ3n) is 0. The number of hydrogen-bond acceptors (Lipinski definition) is 6. The van der Waals surface area contributed by atoms with Crippen molar-refractivity contribution in [2.45, 2.75) is 0 Å². The molecule has 9 heteroatoms. The average Bonchev–Trinajstić information content (AvgIpc) is 1.25. The van der Waals surface area contributed by atoms with E-state index in [0.29, 0.717) is 0 Å². The molecule has 0 bridgehead atoms. The van der Waals surface area contributed by atoms with Crippen LogP contribution in [0.15, 0.2) is 0 Å². The van der Waals surface area contributed by atoms with Crippen molar-refractivity contribution in [3.63, 3.8) is 0 Å². The van der Waals surface area contributed by atoms with Crippen LogP contribution in [0.3, 0.4) is 0 Å². The molecule has 0 amide bonds. The van der Waals surface area contributed by atoms with Crippen LogP contribution in [0.1, 0.15) is 0 Å². The minimum atomic E-state index is -3.37. The van der Waals surface area contributed by atoms with Gasteiger partial charge in [-0.2, -0.15) is 0 Å². The largest absolute Gasteiger partial charge is 4.00 e. The molecule has 0 atom stereocenters. The summed E-state index contributed by atoms with van der Waals surface area (Å²) in [5.74, 6) is 0. The normalized spacial score (nSPS) is 5.78. The first-order chi connectivity index (χ1) is 3.46. The van der Waals surface area contributed by atoms with Gasteiger partial charge in [-0.15, -0.1) is 0 Å². The zero-order valence-electron chi connectivity index (χ0n) is 3.84. The Morgan fingerprint density at radius 3 is 0.778 bits per heavy atom. The third kappa shape index (κ3) is 514. The fourth-order valence-electron chi connectivity index (χ4n) is 0. The van der Waals surface area contributed by atoms with Gasteiger partial charge >= 0.3 is 25.8 Å². The van der Waals surface area contributed by atoms with Crippen LogP contribution in [0.5, 0.6) is 0 Å². The van der Waals surface area contributed by atoms with Crippen LogP contribution < -0.4 is 19.6 Å². The number of rotatable bonds is 0. The third-order valence-corrected chi connectivity index (χ3v) is 0. The van der Waals surface area contributed by atoms with E-state index >= 15 is 0 Å². The second kappa shape index (κ2) is 11.7. The average molecular weight is 336 g/mol. The van der Waals surface area contributed by atoms with Crippen molar-refractivity contribution in [1.29, 1.82) is 0 Å². The fourth-order valence-corrected chi connectivity index (χ4v) is 0. The molecular formula is HfO6P2+2. The summed E-state index contributed by atoms with van der Waals surface area (Å²) in [6.45, 7) is 0. The summed E-state index contributed by atoms with van der Waals surface area (Å²) in [5, 5.41) is 0. The Hall–Kier alpha value is 0.910. The van der Waals surface area contributed by atoms with E-state index in [0.717, 1.165) is 0 Å². The maximum atomic E-state index is 8.48. The SMILES string of the molecule is O=[P+]([O-])[O-].O=[P+]([O-])[O-].[Hf+4]. The van der Waals surface area contributed by atoms with Crippen molar-refractivity contribution in [2.75, 3.05) is 0 Å². The molecule has 0 fully saturated rings. The maximum Gasteiger partial charge on any atom is 4.00 e. The summed E-state index contributed by atoms with van der Waals surface area (Å²) in [6, 6.07) is 0. The first kappa shape index (κ1) is 16.5. The minimum absolute atomic E-state index is 0. The van der Waals surface area contributed by atoms with E-state index in [1.165, 1.54) is 0 Å². The Morgan fingerprint density at radius 2 is 0.778 bits per heavy atom. The van der Waals surface area contributed by atoms with Crippen molar-refractivity contribution in [2.24, 2.45) is 0 Å². The van der Waals surface area contributed by atoms with Gasteiger partial charge in [0.1, 0.15) is 0 Å². The van der Waals surface area contributed by atoms with E-state index in [1.54, 1.807) is 0 Å². The van der Waals surface area contributed by atoms with E-state index in [1.807, 2.05) is 0 Å². The summed E-state index contributed by atoms with van der Waals surface area (Å²) < 4.78 is 17.0. The molecular weight excluding hydrogens is 336 g/mol. The van der Waals surface area contributed by atoms with Crippen molar-refractivity contribution < 1.29 is 54.5 Å². The van der Waals surface area contributed by atoms with Crippen LogP contribution in [0.25, 0.3) is 0 Å². The smallest absolute Gasteiger partial charge is 0.598 e. The van der Waals surface area contributed by atoms with E-state index in [4.69, 9.17) is 28.7 Å². The van der Waals surface area contributed by atoms with Gasteiger partial charge in [-0.25, -0.2) is 0 Å². The molecule has 0 aliphatic carbocycles. The minimum Gasteiger partial charge on any atom is -0.598 e. The Labute approximate surface area is 71.2 Å². The Bertz CT molecular complexity index is 69.1. The quantitative estimate of drug-likeness (QED) is 0.337. The predicted molar refractivity (Wildman–Crippen MR) is 15.2 cm³/mol. The molecule has 0 aliphatic rings. The van der Waals surface area contributed by atoms with Gasteiger partial charge in [0.25, 0.3) is 16.5 Å². The van der Waals surface area contributed by atoms with Gasteiger partial charge in [-0.05, 0) is 0 Å². The molecule has 0 aromatic rings. The number of hydrogen-bond donors (Lipinski definition) is 0. The standard InChI is InChI=1S/Hf.2HO3P/c;2*1-4(2)3/h;2*(H,1,2,3)/q+4;;/p-2. The van der Waals surface area contributed by atoms with Crippen molar-refractivity contribution in [3.05, 3.63) is 0 Å². The molecule has 0 N–H and O–H groups in total. The Kier molecular flexibility index (Phi) is 21.4. The summed E-state index contributed by atoms with van der Waals surface area (Å²) in [4.78, 5) is 33.9. The predicted octanol–water partition coefficient (Wildman–Crippen LogP) is -3.27. The first-order valence-corrected chi connectivity index (χ1v) is 3.29. The van der Waals surface area contributed by atoms with Crippen LogP contribution in [-0.4, -0.2) is 0 Å². The molecule has 0 rings (SSSR count). The molecule has 0 aliphatic heterocycles. The molecule has 0 radical (unpaired) electrons. The molecule has 0 heterocycles. The molecule has 6 nitrogen and oxygen atoms in total. The van der Waals surface area contributed by atoms with Crippen molar-refractivity contribution >= 4 is 16.5 Å². The molecule has 9 heavy (non-hydrogen) atoms. The molecule has 0 saturated carbocycles. The monoisotopic (exact) mass is 338 g/mol. The van der Waals surface area contributed by atoms with E-state index in [9.17, 15) is 0 Å². The zero-order valence-corrected chi connectivity index (χ0v) is 9.23. The molecule has 0 saturated heterocycles. The topological polar surface area (TPSA) is 126 Å². The van der Waals surface area contributed by atoms with Crippen LogP contribution in [0, 0.1) is 0 Å². The Balaban J connectivity index is -0.0000000720. The summed E-state index contributed by atoms with van der Waals surface area (Å²) in [7, 11) is -6.74. The van der Waals surface area contributed by atoms with Gasteiger partial charge in [-0.3, -0.25) is 0 Å². The summed E-state index contributed by atoms with van der Waals surface area (Å²) >= 11 is 0. The zero-order chi connectivity index (χ0) is 7.15. The van der Waals surface area contributed by atoms with E-state index in [-0.39, 0.29) is 25.8 Å². The van der Waals surface area contributed by atoms with Crippen LogP contribution in [-0.2, 0) is 35.0 Å². The summed E-state index contributed by atoms with van der Waals surface area (Å²) in [6.07, 6.45) is 0. The molecule has 0 aromatic carbocycles. The van der Waals surface area contributed by atoms with E-state index < -0.39 is 16.5 Å². The molecule has 48 valence electrons. The van der Waals surface area contributed by atoms with Gasteiger partial charge in [0.05, 0.1) is 0 Å². The van der Waals surface area contributed by atoms with Crippen molar-refractivity contribution in [1.82, 2.24) is 0 Å². The van der Waals surface area contributed by atoms with Gasteiger partial charge < -0.3 is 19.6 Å². The molecule has 0 unspecified atom stereocenters. The van der Waals surface area contributed by atoms with Gasteiger partial charge in [0.15, 0.2) is 0 Å². The summed E-state index contributed by atoms with van der Waals surface area (Å²) in [5.41, 5.74) is 0.